The van der Waals surface area contributed by atoms with Gasteiger partial charge in [-0.2, -0.15) is 22.7 Å². The quantitative estimate of drug-likeness (QED) is 0.834. The summed E-state index contributed by atoms with van der Waals surface area (Å²) in [5, 5.41) is 3.48. The number of ether oxygens (including phenoxy) is 2. The molecule has 2 aromatic rings. The molecule has 138 valence electrons. The van der Waals surface area contributed by atoms with Crippen molar-refractivity contribution < 1.29 is 22.6 Å². The average Bonchev–Trinajstić information content (AvgIpc) is 2.88. The normalized spacial score (nSPS) is 20.0. The molecule has 0 N–H and O–H groups in total. The van der Waals surface area contributed by atoms with E-state index in [2.05, 4.69) is 26.9 Å². The van der Waals surface area contributed by atoms with Gasteiger partial charge in [-0.15, -0.1) is 5.10 Å². The summed E-state index contributed by atoms with van der Waals surface area (Å²) in [6.07, 6.45) is -3.74. The second-order valence-electron chi connectivity index (χ2n) is 5.88. The van der Waals surface area contributed by atoms with Crippen molar-refractivity contribution in [2.75, 3.05) is 26.4 Å². The SMILES string of the molecule is CCOc1cc(CN2CCOCC[C@H]2C)nc2nc(C(F)(F)F)nn12. The molecule has 1 atom stereocenters. The Morgan fingerprint density at radius 2 is 2.12 bits per heavy atom. The van der Waals surface area contributed by atoms with Gasteiger partial charge in [0.2, 0.25) is 5.88 Å². The first-order valence-corrected chi connectivity index (χ1v) is 8.17. The highest BCUT2D eigenvalue weighted by molar-refractivity contribution is 5.35. The molecule has 1 aliphatic heterocycles. The number of alkyl halides is 3. The van der Waals surface area contributed by atoms with Gasteiger partial charge in [-0.05, 0) is 20.3 Å². The molecule has 3 heterocycles. The zero-order chi connectivity index (χ0) is 18.0. The Morgan fingerprint density at radius 1 is 1.32 bits per heavy atom. The van der Waals surface area contributed by atoms with Crippen LogP contribution in [0.25, 0.3) is 5.78 Å². The molecule has 1 saturated heterocycles. The maximum Gasteiger partial charge on any atom is 0.453 e. The monoisotopic (exact) mass is 359 g/mol. The zero-order valence-corrected chi connectivity index (χ0v) is 14.1. The van der Waals surface area contributed by atoms with E-state index in [-0.39, 0.29) is 11.7 Å². The fourth-order valence-electron chi connectivity index (χ4n) is 2.72. The maximum atomic E-state index is 12.9. The van der Waals surface area contributed by atoms with E-state index in [1.165, 1.54) is 0 Å². The molecule has 2 aromatic heterocycles. The van der Waals surface area contributed by atoms with Gasteiger partial charge in [0, 0.05) is 31.8 Å². The van der Waals surface area contributed by atoms with Crippen molar-refractivity contribution in [3.05, 3.63) is 17.6 Å². The predicted octanol–water partition coefficient (Wildman–Crippen LogP) is 2.15. The summed E-state index contributed by atoms with van der Waals surface area (Å²) in [6.45, 7) is 6.68. The molecule has 0 spiro atoms. The second-order valence-corrected chi connectivity index (χ2v) is 5.88. The molecule has 0 saturated carbocycles. The van der Waals surface area contributed by atoms with Gasteiger partial charge in [-0.1, -0.05) is 0 Å². The average molecular weight is 359 g/mol. The Hall–Kier alpha value is -1.94. The van der Waals surface area contributed by atoms with Gasteiger partial charge in [-0.25, -0.2) is 4.98 Å². The van der Waals surface area contributed by atoms with Crippen LogP contribution in [0.4, 0.5) is 13.2 Å². The van der Waals surface area contributed by atoms with E-state index in [4.69, 9.17) is 9.47 Å². The lowest BCUT2D eigenvalue weighted by Gasteiger charge is -2.25. The highest BCUT2D eigenvalue weighted by Crippen LogP contribution is 2.27. The summed E-state index contributed by atoms with van der Waals surface area (Å²) in [5.74, 6) is -1.15. The maximum absolute atomic E-state index is 12.9. The molecular formula is C15H20F3N5O2. The van der Waals surface area contributed by atoms with Crippen molar-refractivity contribution in [3.63, 3.8) is 0 Å². The minimum atomic E-state index is -4.63. The zero-order valence-electron chi connectivity index (χ0n) is 14.1. The van der Waals surface area contributed by atoms with Crippen LogP contribution in [0, 0.1) is 0 Å². The molecule has 0 aliphatic carbocycles. The number of rotatable bonds is 4. The van der Waals surface area contributed by atoms with Crippen LogP contribution in [0.1, 0.15) is 31.8 Å². The van der Waals surface area contributed by atoms with Gasteiger partial charge >= 0.3 is 6.18 Å². The highest BCUT2D eigenvalue weighted by Gasteiger charge is 2.37. The molecule has 7 nitrogen and oxygen atoms in total. The summed E-state index contributed by atoms with van der Waals surface area (Å²) in [5.41, 5.74) is 0.589. The molecule has 0 radical (unpaired) electrons. The number of halogens is 3. The molecule has 0 bridgehead atoms. The first-order valence-electron chi connectivity index (χ1n) is 8.17. The number of fused-ring (bicyclic) bond motifs is 1. The van der Waals surface area contributed by atoms with Crippen LogP contribution in [0.2, 0.25) is 0 Å². The van der Waals surface area contributed by atoms with Crippen LogP contribution >= 0.6 is 0 Å². The third-order valence-corrected chi connectivity index (χ3v) is 4.07. The van der Waals surface area contributed by atoms with Crippen molar-refractivity contribution in [2.45, 2.75) is 39.0 Å². The van der Waals surface area contributed by atoms with Crippen LogP contribution in [-0.2, 0) is 17.5 Å². The summed E-state index contributed by atoms with van der Waals surface area (Å²) < 4.78 is 50.5. The molecule has 25 heavy (non-hydrogen) atoms. The lowest BCUT2D eigenvalue weighted by molar-refractivity contribution is -0.144. The van der Waals surface area contributed by atoms with E-state index >= 15 is 0 Å². The van der Waals surface area contributed by atoms with E-state index in [1.54, 1.807) is 13.0 Å². The Bertz CT molecular complexity index is 734. The van der Waals surface area contributed by atoms with Crippen LogP contribution in [-0.4, -0.2) is 56.9 Å². The summed E-state index contributed by atoms with van der Waals surface area (Å²) in [7, 11) is 0. The van der Waals surface area contributed by atoms with Gasteiger partial charge < -0.3 is 9.47 Å². The van der Waals surface area contributed by atoms with Gasteiger partial charge in [0.05, 0.1) is 18.9 Å². The standard InChI is InChI=1S/C15H20F3N5O2/c1-3-25-12-8-11(9-22-5-7-24-6-4-10(22)2)19-14-20-13(15(16,17)18)21-23(12)14/h8,10H,3-7,9H2,1-2H3/t10-/m1/s1. The molecule has 1 aliphatic rings. The topological polar surface area (TPSA) is 64.8 Å². The van der Waals surface area contributed by atoms with E-state index in [0.29, 0.717) is 38.1 Å². The van der Waals surface area contributed by atoms with Gasteiger partial charge in [-0.3, -0.25) is 4.90 Å². The predicted molar refractivity (Wildman–Crippen MR) is 82.3 cm³/mol. The third-order valence-electron chi connectivity index (χ3n) is 4.07. The first-order chi connectivity index (χ1) is 11.9. The van der Waals surface area contributed by atoms with Crippen molar-refractivity contribution >= 4 is 5.78 Å². The summed E-state index contributed by atoms with van der Waals surface area (Å²) in [6, 6.07) is 1.91. The Kier molecular flexibility index (Phi) is 5.09. The second kappa shape index (κ2) is 7.12. The summed E-state index contributed by atoms with van der Waals surface area (Å²) >= 11 is 0. The molecule has 0 aromatic carbocycles. The van der Waals surface area contributed by atoms with Crippen molar-refractivity contribution in [3.8, 4) is 5.88 Å². The van der Waals surface area contributed by atoms with Gasteiger partial charge in [0.15, 0.2) is 0 Å². The Balaban J connectivity index is 1.95. The van der Waals surface area contributed by atoms with Crippen molar-refractivity contribution in [1.29, 1.82) is 0 Å². The smallest absolute Gasteiger partial charge is 0.453 e. The lowest BCUT2D eigenvalue weighted by Crippen LogP contribution is -2.33. The molecule has 3 rings (SSSR count). The van der Waals surface area contributed by atoms with Crippen LogP contribution in [0.15, 0.2) is 6.07 Å². The number of hydrogen-bond acceptors (Lipinski definition) is 6. The number of aromatic nitrogens is 4. The third kappa shape index (κ3) is 4.01. The highest BCUT2D eigenvalue weighted by atomic mass is 19.4. The van der Waals surface area contributed by atoms with E-state index in [1.807, 2.05) is 0 Å². The first kappa shape index (κ1) is 17.9. The Morgan fingerprint density at radius 3 is 2.84 bits per heavy atom. The van der Waals surface area contributed by atoms with Crippen molar-refractivity contribution in [1.82, 2.24) is 24.5 Å². The van der Waals surface area contributed by atoms with Crippen molar-refractivity contribution in [2.24, 2.45) is 0 Å². The van der Waals surface area contributed by atoms with Gasteiger partial charge in [0.1, 0.15) is 0 Å². The van der Waals surface area contributed by atoms with Gasteiger partial charge in [0.25, 0.3) is 11.6 Å². The fourth-order valence-corrected chi connectivity index (χ4v) is 2.72. The minimum Gasteiger partial charge on any atom is -0.478 e. The summed E-state index contributed by atoms with van der Waals surface area (Å²) in [4.78, 5) is 9.93. The molecule has 10 heteroatoms. The lowest BCUT2D eigenvalue weighted by atomic mass is 10.2. The molecule has 0 amide bonds. The van der Waals surface area contributed by atoms with Crippen LogP contribution < -0.4 is 4.74 Å². The van der Waals surface area contributed by atoms with E-state index < -0.39 is 12.0 Å². The fraction of sp³-hybridized carbons (Fsp3) is 0.667. The van der Waals surface area contributed by atoms with Crippen LogP contribution in [0.5, 0.6) is 5.88 Å². The molecule has 1 fully saturated rings. The Labute approximate surface area is 142 Å². The van der Waals surface area contributed by atoms with E-state index in [9.17, 15) is 13.2 Å². The van der Waals surface area contributed by atoms with Crippen LogP contribution in [0.3, 0.4) is 0 Å². The number of nitrogens with zero attached hydrogens (tertiary/aromatic N) is 5. The largest absolute Gasteiger partial charge is 0.478 e. The van der Waals surface area contributed by atoms with E-state index in [0.717, 1.165) is 17.5 Å². The minimum absolute atomic E-state index is 0.119. The number of hydrogen-bond donors (Lipinski definition) is 0. The molecule has 0 unspecified atom stereocenters. The molecular weight excluding hydrogens is 339 g/mol.